The summed E-state index contributed by atoms with van der Waals surface area (Å²) in [6, 6.07) is 16.3. The van der Waals surface area contributed by atoms with Crippen molar-refractivity contribution in [1.82, 2.24) is 24.7 Å². The van der Waals surface area contributed by atoms with E-state index in [-0.39, 0.29) is 5.91 Å². The lowest BCUT2D eigenvalue weighted by Gasteiger charge is -2.38. The van der Waals surface area contributed by atoms with Gasteiger partial charge in [-0.3, -0.25) is 10.0 Å². The predicted octanol–water partition coefficient (Wildman–Crippen LogP) is 3.78. The Labute approximate surface area is 222 Å². The second-order valence-corrected chi connectivity index (χ2v) is 11.3. The molecule has 37 heavy (non-hydrogen) atoms. The highest BCUT2D eigenvalue weighted by atomic mass is 32.2. The number of nitrogens with two attached hydrogens (primary N) is 1. The Balaban J connectivity index is 1.33. The number of piperidine rings is 1. The first-order chi connectivity index (χ1) is 17.8. The fourth-order valence-corrected chi connectivity index (χ4v) is 5.66. The molecule has 196 valence electrons. The number of hydrogen-bond donors (Lipinski definition) is 2. The van der Waals surface area contributed by atoms with E-state index in [1.165, 1.54) is 22.9 Å². The fraction of sp³-hybridized carbons (Fsp3) is 0.444. The van der Waals surface area contributed by atoms with Crippen molar-refractivity contribution in [1.29, 1.82) is 0 Å². The fourth-order valence-electron chi connectivity index (χ4n) is 4.94. The van der Waals surface area contributed by atoms with Crippen LogP contribution in [-0.2, 0) is 4.79 Å². The molecule has 1 aromatic heterocycles. The van der Waals surface area contributed by atoms with E-state index in [9.17, 15) is 10.0 Å². The number of hydrazine groups is 1. The molecule has 0 aliphatic carbocycles. The van der Waals surface area contributed by atoms with Gasteiger partial charge in [-0.2, -0.15) is 0 Å². The van der Waals surface area contributed by atoms with Crippen LogP contribution < -0.4 is 10.6 Å². The summed E-state index contributed by atoms with van der Waals surface area (Å²) in [5.41, 5.74) is 6.96. The number of benzene rings is 2. The average Bonchev–Trinajstić information content (AvgIpc) is 2.92. The molecule has 1 amide bonds. The van der Waals surface area contributed by atoms with Crippen molar-refractivity contribution in [3.8, 4) is 11.3 Å². The monoisotopic (exact) mass is 521 g/mol. The molecule has 0 spiro atoms. The SMILES string of the molecule is CC(C)(N)C(=O)N1CCN(c2nnc(-c3ccc(SN(O)N4CCCCC4)cc3)c3ccccc23)CC1. The van der Waals surface area contributed by atoms with Gasteiger partial charge in [0.2, 0.25) is 5.91 Å². The molecule has 3 N–H and O–H groups in total. The molecule has 0 radical (unpaired) electrons. The third kappa shape index (κ3) is 5.73. The highest BCUT2D eigenvalue weighted by molar-refractivity contribution is 7.96. The van der Waals surface area contributed by atoms with E-state index >= 15 is 0 Å². The summed E-state index contributed by atoms with van der Waals surface area (Å²) in [6.07, 6.45) is 3.44. The van der Waals surface area contributed by atoms with Crippen molar-refractivity contribution in [2.75, 3.05) is 44.2 Å². The molecule has 0 bridgehead atoms. The molecule has 10 heteroatoms. The second kappa shape index (κ2) is 10.9. The number of anilines is 1. The van der Waals surface area contributed by atoms with Crippen molar-refractivity contribution >= 4 is 34.4 Å². The zero-order valence-electron chi connectivity index (χ0n) is 21.5. The van der Waals surface area contributed by atoms with Crippen molar-refractivity contribution in [2.45, 2.75) is 43.5 Å². The number of carbonyl (C=O) groups is 1. The Morgan fingerprint density at radius 2 is 1.57 bits per heavy atom. The Hall–Kier alpha value is -2.76. The number of aromatic nitrogens is 2. The van der Waals surface area contributed by atoms with Crippen LogP contribution >= 0.6 is 11.9 Å². The molecule has 0 atom stereocenters. The van der Waals surface area contributed by atoms with Crippen molar-refractivity contribution in [3.63, 3.8) is 0 Å². The van der Waals surface area contributed by atoms with E-state index in [1.807, 2.05) is 46.3 Å². The van der Waals surface area contributed by atoms with E-state index in [0.29, 0.717) is 26.2 Å². The normalized spacial score (nSPS) is 17.5. The summed E-state index contributed by atoms with van der Waals surface area (Å²) in [5, 5.41) is 23.8. The van der Waals surface area contributed by atoms with Crippen molar-refractivity contribution < 1.29 is 10.0 Å². The summed E-state index contributed by atoms with van der Waals surface area (Å²) in [7, 11) is 0. The third-order valence-corrected chi connectivity index (χ3v) is 7.85. The Morgan fingerprint density at radius 1 is 0.919 bits per heavy atom. The van der Waals surface area contributed by atoms with Crippen molar-refractivity contribution in [3.05, 3.63) is 48.5 Å². The molecule has 2 saturated heterocycles. The number of fused-ring (bicyclic) bond motifs is 1. The van der Waals surface area contributed by atoms with Crippen molar-refractivity contribution in [2.24, 2.45) is 5.73 Å². The first-order valence-electron chi connectivity index (χ1n) is 12.9. The molecule has 2 fully saturated rings. The summed E-state index contributed by atoms with van der Waals surface area (Å²) >= 11 is 1.32. The van der Waals surface area contributed by atoms with E-state index in [1.54, 1.807) is 13.8 Å². The van der Waals surface area contributed by atoms with Crippen LogP contribution in [-0.4, -0.2) is 80.6 Å². The van der Waals surface area contributed by atoms with Gasteiger partial charge in [-0.15, -0.1) is 10.2 Å². The van der Waals surface area contributed by atoms with Crippen LogP contribution in [0.5, 0.6) is 0 Å². The van der Waals surface area contributed by atoms with Gasteiger partial charge in [0.05, 0.1) is 5.54 Å². The number of amides is 1. The van der Waals surface area contributed by atoms with Crippen LogP contribution in [0.25, 0.3) is 22.0 Å². The third-order valence-electron chi connectivity index (χ3n) is 6.97. The minimum absolute atomic E-state index is 0.0275. The van der Waals surface area contributed by atoms with E-state index in [2.05, 4.69) is 27.2 Å². The molecule has 2 aliphatic heterocycles. The van der Waals surface area contributed by atoms with E-state index < -0.39 is 5.54 Å². The first kappa shape index (κ1) is 25.9. The molecule has 3 aromatic rings. The van der Waals surface area contributed by atoms with E-state index in [0.717, 1.165) is 58.7 Å². The van der Waals surface area contributed by atoms with Crippen LogP contribution in [0.3, 0.4) is 0 Å². The largest absolute Gasteiger partial charge is 0.351 e. The Morgan fingerprint density at radius 3 is 2.22 bits per heavy atom. The standard InChI is InChI=1S/C27H35N7O2S/c1-27(2,28)26(35)32-18-16-31(17-19-32)25-23-9-5-4-8-22(23)24(29-30-25)20-10-12-21(13-11-20)37-34(36)33-14-6-3-7-15-33/h4-5,8-13,36H,3,6-7,14-19,28H2,1-2H3. The maximum Gasteiger partial charge on any atom is 0.242 e. The topological polar surface area (TPSA) is 102 Å². The zero-order valence-corrected chi connectivity index (χ0v) is 22.3. The van der Waals surface area contributed by atoms with Gasteiger partial charge >= 0.3 is 0 Å². The molecule has 5 rings (SSSR count). The molecular formula is C27H35N7O2S. The molecular weight excluding hydrogens is 486 g/mol. The van der Waals surface area contributed by atoms with Crippen LogP contribution in [0, 0.1) is 0 Å². The number of rotatable bonds is 6. The predicted molar refractivity (Wildman–Crippen MR) is 147 cm³/mol. The summed E-state index contributed by atoms with van der Waals surface area (Å²) in [4.78, 5) is 17.6. The average molecular weight is 522 g/mol. The minimum atomic E-state index is -0.868. The highest BCUT2D eigenvalue weighted by Crippen LogP contribution is 2.33. The highest BCUT2D eigenvalue weighted by Gasteiger charge is 2.31. The van der Waals surface area contributed by atoms with Crippen LogP contribution in [0.1, 0.15) is 33.1 Å². The van der Waals surface area contributed by atoms with Gasteiger partial charge in [-0.05, 0) is 38.8 Å². The Bertz CT molecular complexity index is 1230. The zero-order chi connectivity index (χ0) is 26.0. The molecule has 2 aromatic carbocycles. The number of hydrogen-bond acceptors (Lipinski definition) is 9. The summed E-state index contributed by atoms with van der Waals surface area (Å²) in [5.74, 6) is 0.809. The smallest absolute Gasteiger partial charge is 0.242 e. The molecule has 2 aliphatic rings. The number of carbonyl (C=O) groups excluding carboxylic acids is 1. The van der Waals surface area contributed by atoms with Gasteiger partial charge in [-0.25, -0.2) is 5.01 Å². The van der Waals surface area contributed by atoms with Gasteiger partial charge in [0.1, 0.15) is 5.69 Å². The molecule has 3 heterocycles. The number of nitrogens with zero attached hydrogens (tertiary/aromatic N) is 6. The maximum absolute atomic E-state index is 12.6. The summed E-state index contributed by atoms with van der Waals surface area (Å²) in [6.45, 7) is 7.84. The molecule has 0 saturated carbocycles. The van der Waals surface area contributed by atoms with Gasteiger partial charge in [-0.1, -0.05) is 47.4 Å². The van der Waals surface area contributed by atoms with Gasteiger partial charge in [0, 0.05) is 72.4 Å². The Kier molecular flexibility index (Phi) is 7.64. The summed E-state index contributed by atoms with van der Waals surface area (Å²) < 4.78 is 1.26. The van der Waals surface area contributed by atoms with Crippen LogP contribution in [0.15, 0.2) is 53.4 Å². The molecule has 9 nitrogen and oxygen atoms in total. The van der Waals surface area contributed by atoms with E-state index in [4.69, 9.17) is 5.73 Å². The lowest BCUT2D eigenvalue weighted by Crippen LogP contribution is -2.57. The van der Waals surface area contributed by atoms with Gasteiger partial charge in [0.15, 0.2) is 5.82 Å². The van der Waals surface area contributed by atoms with Gasteiger partial charge in [0.25, 0.3) is 0 Å². The lowest BCUT2D eigenvalue weighted by molar-refractivity contribution is -0.164. The quantitative estimate of drug-likeness (QED) is 0.371. The maximum atomic E-state index is 12.6. The first-order valence-corrected chi connectivity index (χ1v) is 13.7. The molecule has 0 unspecified atom stereocenters. The van der Waals surface area contributed by atoms with Crippen LogP contribution in [0.4, 0.5) is 5.82 Å². The second-order valence-electron chi connectivity index (χ2n) is 10.3. The lowest BCUT2D eigenvalue weighted by atomic mass is 10.0. The number of piperazine rings is 1. The van der Waals surface area contributed by atoms with Crippen LogP contribution in [0.2, 0.25) is 0 Å². The van der Waals surface area contributed by atoms with Gasteiger partial charge < -0.3 is 15.5 Å². The minimum Gasteiger partial charge on any atom is -0.351 e.